The van der Waals surface area contributed by atoms with E-state index < -0.39 is 0 Å². The SMILES string of the molecule is CNC(C)Cc1noc(/C=C/c2ccccc2Cl)n1.Cl. The second kappa shape index (κ2) is 8.04. The molecule has 0 radical (unpaired) electrons. The summed E-state index contributed by atoms with van der Waals surface area (Å²) >= 11 is 6.06. The van der Waals surface area contributed by atoms with Crippen LogP contribution in [0.4, 0.5) is 0 Å². The Balaban J connectivity index is 0.00000200. The molecule has 0 aliphatic rings. The van der Waals surface area contributed by atoms with Crippen LogP contribution in [0.1, 0.15) is 24.2 Å². The van der Waals surface area contributed by atoms with E-state index in [0.29, 0.717) is 22.8 Å². The Morgan fingerprint density at radius 1 is 1.35 bits per heavy atom. The monoisotopic (exact) mass is 313 g/mol. The molecule has 2 aromatic rings. The van der Waals surface area contributed by atoms with Gasteiger partial charge >= 0.3 is 0 Å². The third kappa shape index (κ3) is 4.63. The molecule has 1 unspecified atom stereocenters. The van der Waals surface area contributed by atoms with Crippen LogP contribution in [0.25, 0.3) is 12.2 Å². The van der Waals surface area contributed by atoms with Crippen molar-refractivity contribution in [2.75, 3.05) is 7.05 Å². The second-order valence-corrected chi connectivity index (χ2v) is 4.70. The van der Waals surface area contributed by atoms with Gasteiger partial charge in [-0.25, -0.2) is 0 Å². The smallest absolute Gasteiger partial charge is 0.250 e. The first-order valence-electron chi connectivity index (χ1n) is 6.11. The molecule has 0 saturated carbocycles. The third-order valence-electron chi connectivity index (χ3n) is 2.78. The van der Waals surface area contributed by atoms with E-state index in [1.807, 2.05) is 37.4 Å². The van der Waals surface area contributed by atoms with Gasteiger partial charge in [-0.2, -0.15) is 4.98 Å². The van der Waals surface area contributed by atoms with E-state index in [4.69, 9.17) is 16.1 Å². The number of nitrogens with one attached hydrogen (secondary N) is 1. The van der Waals surface area contributed by atoms with Crippen LogP contribution in [0.2, 0.25) is 5.02 Å². The van der Waals surface area contributed by atoms with E-state index in [9.17, 15) is 0 Å². The van der Waals surface area contributed by atoms with Crippen molar-refractivity contribution in [1.82, 2.24) is 15.5 Å². The van der Waals surface area contributed by atoms with Crippen LogP contribution < -0.4 is 5.32 Å². The molecular formula is C14H17Cl2N3O. The van der Waals surface area contributed by atoms with Gasteiger partial charge in [-0.15, -0.1) is 12.4 Å². The zero-order valence-electron chi connectivity index (χ0n) is 11.3. The van der Waals surface area contributed by atoms with Gasteiger partial charge in [0.25, 0.3) is 5.89 Å². The predicted molar refractivity (Wildman–Crippen MR) is 84.2 cm³/mol. The Bertz CT molecular complexity index is 569. The van der Waals surface area contributed by atoms with E-state index in [2.05, 4.69) is 22.4 Å². The number of likely N-dealkylation sites (N-methyl/N-ethyl adjacent to an activating group) is 1. The lowest BCUT2D eigenvalue weighted by atomic mass is 10.2. The number of rotatable bonds is 5. The molecule has 1 heterocycles. The number of benzene rings is 1. The summed E-state index contributed by atoms with van der Waals surface area (Å²) in [5.74, 6) is 1.18. The van der Waals surface area contributed by atoms with Gasteiger partial charge in [0.2, 0.25) is 0 Å². The summed E-state index contributed by atoms with van der Waals surface area (Å²) in [6.45, 7) is 2.07. The fourth-order valence-corrected chi connectivity index (χ4v) is 1.76. The Morgan fingerprint density at radius 2 is 2.10 bits per heavy atom. The molecule has 0 aliphatic carbocycles. The fourth-order valence-electron chi connectivity index (χ4n) is 1.57. The predicted octanol–water partition coefficient (Wildman–Crippen LogP) is 3.47. The van der Waals surface area contributed by atoms with Gasteiger partial charge < -0.3 is 9.84 Å². The molecule has 108 valence electrons. The summed E-state index contributed by atoms with van der Waals surface area (Å²) in [7, 11) is 1.91. The first kappa shape index (κ1) is 16.7. The summed E-state index contributed by atoms with van der Waals surface area (Å²) < 4.78 is 5.15. The molecule has 0 aliphatic heterocycles. The Kier molecular flexibility index (Phi) is 6.71. The minimum Gasteiger partial charge on any atom is -0.335 e. The molecule has 0 saturated heterocycles. The summed E-state index contributed by atoms with van der Waals surface area (Å²) in [5, 5.41) is 7.76. The van der Waals surface area contributed by atoms with E-state index in [0.717, 1.165) is 12.0 Å². The standard InChI is InChI=1S/C14H16ClN3O.ClH/c1-10(16-2)9-13-17-14(19-18-13)8-7-11-5-3-4-6-12(11)15;/h3-8,10,16H,9H2,1-2H3;1H/b8-7+;. The lowest BCUT2D eigenvalue weighted by Gasteiger charge is -2.04. The molecule has 1 aromatic heterocycles. The molecule has 0 bridgehead atoms. The fraction of sp³-hybridized carbons (Fsp3) is 0.286. The first-order chi connectivity index (χ1) is 9.19. The maximum Gasteiger partial charge on any atom is 0.250 e. The molecule has 0 fully saturated rings. The number of halogens is 2. The number of aromatic nitrogens is 2. The van der Waals surface area contributed by atoms with Crippen molar-refractivity contribution >= 4 is 36.2 Å². The van der Waals surface area contributed by atoms with Gasteiger partial charge in [0.15, 0.2) is 5.82 Å². The lowest BCUT2D eigenvalue weighted by Crippen LogP contribution is -2.24. The van der Waals surface area contributed by atoms with Crippen LogP contribution in [0.5, 0.6) is 0 Å². The quantitative estimate of drug-likeness (QED) is 0.918. The molecule has 1 N–H and O–H groups in total. The Hall–Kier alpha value is -1.36. The zero-order chi connectivity index (χ0) is 13.7. The zero-order valence-corrected chi connectivity index (χ0v) is 12.9. The van der Waals surface area contributed by atoms with Crippen molar-refractivity contribution in [1.29, 1.82) is 0 Å². The van der Waals surface area contributed by atoms with Gasteiger partial charge in [-0.05, 0) is 31.7 Å². The normalized spacial score (nSPS) is 12.3. The molecule has 4 nitrogen and oxygen atoms in total. The van der Waals surface area contributed by atoms with Crippen molar-refractivity contribution < 1.29 is 4.52 Å². The van der Waals surface area contributed by atoms with Gasteiger partial charge in [0.1, 0.15) is 0 Å². The van der Waals surface area contributed by atoms with Crippen LogP contribution in [0, 0.1) is 0 Å². The molecule has 1 aromatic carbocycles. The minimum absolute atomic E-state index is 0. The van der Waals surface area contributed by atoms with E-state index >= 15 is 0 Å². The topological polar surface area (TPSA) is 51.0 Å². The molecule has 6 heteroatoms. The van der Waals surface area contributed by atoms with Crippen molar-refractivity contribution in [2.24, 2.45) is 0 Å². The summed E-state index contributed by atoms with van der Waals surface area (Å²) in [6.07, 6.45) is 4.36. The second-order valence-electron chi connectivity index (χ2n) is 4.30. The lowest BCUT2D eigenvalue weighted by molar-refractivity contribution is 0.400. The van der Waals surface area contributed by atoms with Crippen LogP contribution in [0.3, 0.4) is 0 Å². The van der Waals surface area contributed by atoms with E-state index in [1.165, 1.54) is 0 Å². The van der Waals surface area contributed by atoms with Crippen LogP contribution in [-0.2, 0) is 6.42 Å². The average Bonchev–Trinajstić information content (AvgIpc) is 2.85. The first-order valence-corrected chi connectivity index (χ1v) is 6.49. The van der Waals surface area contributed by atoms with E-state index in [1.54, 1.807) is 6.08 Å². The highest BCUT2D eigenvalue weighted by Gasteiger charge is 2.07. The molecule has 0 amide bonds. The third-order valence-corrected chi connectivity index (χ3v) is 3.12. The van der Waals surface area contributed by atoms with Crippen molar-refractivity contribution in [3.63, 3.8) is 0 Å². The van der Waals surface area contributed by atoms with Crippen LogP contribution in [0.15, 0.2) is 28.8 Å². The van der Waals surface area contributed by atoms with Gasteiger partial charge in [0.05, 0.1) is 0 Å². The highest BCUT2D eigenvalue weighted by Crippen LogP contribution is 2.17. The highest BCUT2D eigenvalue weighted by atomic mass is 35.5. The van der Waals surface area contributed by atoms with Crippen LogP contribution >= 0.6 is 24.0 Å². The van der Waals surface area contributed by atoms with Crippen molar-refractivity contribution in [2.45, 2.75) is 19.4 Å². The molecule has 20 heavy (non-hydrogen) atoms. The Morgan fingerprint density at radius 3 is 2.80 bits per heavy atom. The molecule has 0 spiro atoms. The number of nitrogens with zero attached hydrogens (tertiary/aromatic N) is 2. The van der Waals surface area contributed by atoms with Crippen molar-refractivity contribution in [3.05, 3.63) is 46.6 Å². The largest absolute Gasteiger partial charge is 0.335 e. The summed E-state index contributed by atoms with van der Waals surface area (Å²) in [6, 6.07) is 7.91. The average molecular weight is 314 g/mol. The van der Waals surface area contributed by atoms with Crippen molar-refractivity contribution in [3.8, 4) is 0 Å². The van der Waals surface area contributed by atoms with Crippen LogP contribution in [-0.4, -0.2) is 23.2 Å². The summed E-state index contributed by atoms with van der Waals surface area (Å²) in [4.78, 5) is 4.30. The molecule has 2 rings (SSSR count). The molecular weight excluding hydrogens is 297 g/mol. The number of hydrogen-bond donors (Lipinski definition) is 1. The van der Waals surface area contributed by atoms with Gasteiger partial charge in [0, 0.05) is 23.6 Å². The molecule has 1 atom stereocenters. The maximum absolute atomic E-state index is 6.06. The maximum atomic E-state index is 6.06. The Labute approximate surface area is 129 Å². The van der Waals surface area contributed by atoms with Gasteiger partial charge in [-0.1, -0.05) is 35.0 Å². The minimum atomic E-state index is 0. The number of hydrogen-bond acceptors (Lipinski definition) is 4. The van der Waals surface area contributed by atoms with Gasteiger partial charge in [-0.3, -0.25) is 0 Å². The summed E-state index contributed by atoms with van der Waals surface area (Å²) in [5.41, 5.74) is 0.924. The highest BCUT2D eigenvalue weighted by molar-refractivity contribution is 6.32. The van der Waals surface area contributed by atoms with E-state index in [-0.39, 0.29) is 12.4 Å².